The summed E-state index contributed by atoms with van der Waals surface area (Å²) in [5.74, 6) is 2.40. The summed E-state index contributed by atoms with van der Waals surface area (Å²) in [4.78, 5) is 10.3. The molecule has 0 saturated heterocycles. The van der Waals surface area contributed by atoms with Gasteiger partial charge in [0.15, 0.2) is 5.82 Å². The normalized spacial score (nSPS) is 13.4. The van der Waals surface area contributed by atoms with Gasteiger partial charge in [-0.3, -0.25) is 0 Å². The molecule has 2 aromatic heterocycles. The van der Waals surface area contributed by atoms with Gasteiger partial charge in [-0.25, -0.2) is 9.97 Å². The van der Waals surface area contributed by atoms with Crippen LogP contribution in [0.2, 0.25) is 0 Å². The van der Waals surface area contributed by atoms with E-state index in [0.29, 0.717) is 5.82 Å². The van der Waals surface area contributed by atoms with E-state index in [4.69, 9.17) is 19.1 Å². The quantitative estimate of drug-likeness (QED) is 0.202. The van der Waals surface area contributed by atoms with Crippen molar-refractivity contribution in [1.82, 2.24) is 9.97 Å². The van der Waals surface area contributed by atoms with Crippen molar-refractivity contribution in [2.24, 2.45) is 0 Å². The van der Waals surface area contributed by atoms with Gasteiger partial charge in [0.05, 0.1) is 23.1 Å². The molecule has 0 atom stereocenters. The van der Waals surface area contributed by atoms with Crippen LogP contribution in [0.3, 0.4) is 0 Å². The summed E-state index contributed by atoms with van der Waals surface area (Å²) in [5.41, 5.74) is 11.8. The van der Waals surface area contributed by atoms with Crippen LogP contribution in [0, 0.1) is 0 Å². The lowest BCUT2D eigenvalue weighted by Crippen LogP contribution is -2.32. The molecule has 0 bridgehead atoms. The molecule has 220 valence electrons. The molecule has 10 rings (SSSR count). The van der Waals surface area contributed by atoms with E-state index < -0.39 is 5.41 Å². The zero-order chi connectivity index (χ0) is 31.0. The maximum atomic E-state index is 6.57. The Labute approximate surface area is 271 Å². The first-order valence-electron chi connectivity index (χ1n) is 15.8. The van der Waals surface area contributed by atoms with E-state index in [1.807, 2.05) is 48.5 Å². The summed E-state index contributed by atoms with van der Waals surface area (Å²) < 4.78 is 12.9. The Morgan fingerprint density at radius 1 is 0.468 bits per heavy atom. The Bertz CT molecular complexity index is 2400. The third-order valence-electron chi connectivity index (χ3n) is 9.65. The van der Waals surface area contributed by atoms with Gasteiger partial charge >= 0.3 is 0 Å². The van der Waals surface area contributed by atoms with Crippen LogP contribution in [-0.4, -0.2) is 9.97 Å². The topological polar surface area (TPSA) is 48.2 Å². The molecule has 1 aliphatic carbocycles. The van der Waals surface area contributed by atoms with Crippen LogP contribution in [0.1, 0.15) is 22.3 Å². The predicted molar refractivity (Wildman–Crippen MR) is 185 cm³/mol. The van der Waals surface area contributed by atoms with Gasteiger partial charge < -0.3 is 9.15 Å². The van der Waals surface area contributed by atoms with Crippen LogP contribution >= 0.6 is 0 Å². The molecule has 0 fully saturated rings. The van der Waals surface area contributed by atoms with Gasteiger partial charge in [-0.1, -0.05) is 121 Å². The summed E-state index contributed by atoms with van der Waals surface area (Å²) in [6.07, 6.45) is 1.80. The minimum Gasteiger partial charge on any atom is -0.464 e. The van der Waals surface area contributed by atoms with Crippen molar-refractivity contribution in [1.29, 1.82) is 0 Å². The van der Waals surface area contributed by atoms with Crippen molar-refractivity contribution >= 4 is 11.0 Å². The molecule has 1 spiro atoms. The van der Waals surface area contributed by atoms with E-state index in [2.05, 4.69) is 103 Å². The monoisotopic (exact) mass is 602 g/mol. The minimum absolute atomic E-state index is 0.602. The number of hydrogen-bond acceptors (Lipinski definition) is 4. The van der Waals surface area contributed by atoms with E-state index in [1.54, 1.807) is 6.26 Å². The molecular formula is C43H26N2O2. The lowest BCUT2D eigenvalue weighted by molar-refractivity contribution is 0.436. The molecule has 2 aliphatic rings. The summed E-state index contributed by atoms with van der Waals surface area (Å²) in [6.45, 7) is 0. The summed E-state index contributed by atoms with van der Waals surface area (Å²) in [5, 5.41) is 1.06. The van der Waals surface area contributed by atoms with Gasteiger partial charge in [0.1, 0.15) is 17.1 Å². The number of benzene rings is 6. The Kier molecular flexibility index (Phi) is 5.46. The van der Waals surface area contributed by atoms with Crippen LogP contribution in [0.15, 0.2) is 162 Å². The maximum Gasteiger partial charge on any atom is 0.160 e. The van der Waals surface area contributed by atoms with Gasteiger partial charge in [-0.15, -0.1) is 0 Å². The molecule has 6 aromatic carbocycles. The van der Waals surface area contributed by atoms with E-state index in [0.717, 1.165) is 61.7 Å². The number of nitrogens with zero attached hydrogens (tertiary/aromatic N) is 2. The molecule has 0 unspecified atom stereocenters. The van der Waals surface area contributed by atoms with Crippen molar-refractivity contribution in [2.75, 3.05) is 0 Å². The largest absolute Gasteiger partial charge is 0.464 e. The highest BCUT2D eigenvalue weighted by Crippen LogP contribution is 2.63. The number of fused-ring (bicyclic) bond motifs is 11. The number of rotatable bonds is 3. The Hall–Kier alpha value is -6.26. The van der Waals surface area contributed by atoms with Crippen LogP contribution in [0.4, 0.5) is 0 Å². The fourth-order valence-corrected chi connectivity index (χ4v) is 7.72. The average molecular weight is 603 g/mol. The van der Waals surface area contributed by atoms with Gasteiger partial charge in [0.2, 0.25) is 0 Å². The molecule has 4 heteroatoms. The standard InChI is InChI=1S/C43H26N2O2/c1-3-13-27(14-4-1)36-26-37(45-42(44-36)28-15-5-2-6-16-28)31-25-35-40(30-23-24-46-41(30)31)29-17-7-8-18-32(29)43(35)33-19-9-11-21-38(33)47-39-22-12-10-20-34(39)43/h1-26H. The fourth-order valence-electron chi connectivity index (χ4n) is 7.72. The van der Waals surface area contributed by atoms with E-state index in [1.165, 1.54) is 22.3 Å². The molecule has 47 heavy (non-hydrogen) atoms. The second-order valence-corrected chi connectivity index (χ2v) is 12.1. The minimum atomic E-state index is -0.602. The van der Waals surface area contributed by atoms with Crippen molar-refractivity contribution in [2.45, 2.75) is 5.41 Å². The SMILES string of the molecule is c1ccc(-c2cc(-c3cc4c(c5ccoc35)-c3ccccc3C43c4ccccc4Oc4ccccc43)nc(-c3ccccc3)n2)cc1. The first-order valence-corrected chi connectivity index (χ1v) is 15.8. The van der Waals surface area contributed by atoms with Crippen LogP contribution in [0.5, 0.6) is 11.5 Å². The number of aromatic nitrogens is 2. The third kappa shape index (κ3) is 3.64. The van der Waals surface area contributed by atoms with E-state index in [-0.39, 0.29) is 0 Å². The Morgan fingerprint density at radius 3 is 1.79 bits per heavy atom. The van der Waals surface area contributed by atoms with Gasteiger partial charge in [0.25, 0.3) is 0 Å². The molecule has 1 aliphatic heterocycles. The second kappa shape index (κ2) is 9.87. The lowest BCUT2D eigenvalue weighted by atomic mass is 9.66. The first-order chi connectivity index (χ1) is 23.3. The third-order valence-corrected chi connectivity index (χ3v) is 9.65. The molecule has 0 N–H and O–H groups in total. The second-order valence-electron chi connectivity index (χ2n) is 12.1. The van der Waals surface area contributed by atoms with Crippen LogP contribution in [0.25, 0.3) is 56.0 Å². The number of furan rings is 1. The highest BCUT2D eigenvalue weighted by atomic mass is 16.5. The first kappa shape index (κ1) is 26.0. The number of ether oxygens (including phenoxy) is 1. The lowest BCUT2D eigenvalue weighted by Gasteiger charge is -2.39. The van der Waals surface area contributed by atoms with Crippen molar-refractivity contribution in [3.05, 3.63) is 180 Å². The molecule has 0 amide bonds. The summed E-state index contributed by atoms with van der Waals surface area (Å²) >= 11 is 0. The molecule has 4 nitrogen and oxygen atoms in total. The maximum absolute atomic E-state index is 6.57. The summed E-state index contributed by atoms with van der Waals surface area (Å²) in [6, 6.07) is 52.6. The van der Waals surface area contributed by atoms with E-state index in [9.17, 15) is 0 Å². The Balaban J connectivity index is 1.33. The van der Waals surface area contributed by atoms with E-state index >= 15 is 0 Å². The zero-order valence-corrected chi connectivity index (χ0v) is 25.2. The number of hydrogen-bond donors (Lipinski definition) is 0. The highest BCUT2D eigenvalue weighted by Gasteiger charge is 2.52. The van der Waals surface area contributed by atoms with Gasteiger partial charge in [-0.05, 0) is 52.6 Å². The summed E-state index contributed by atoms with van der Waals surface area (Å²) in [7, 11) is 0. The zero-order valence-electron chi connectivity index (χ0n) is 25.2. The molecule has 8 aromatic rings. The van der Waals surface area contributed by atoms with Crippen molar-refractivity contribution < 1.29 is 9.15 Å². The molecule has 0 radical (unpaired) electrons. The Morgan fingerprint density at radius 2 is 1.06 bits per heavy atom. The van der Waals surface area contributed by atoms with Crippen LogP contribution < -0.4 is 4.74 Å². The molecular weight excluding hydrogens is 576 g/mol. The molecule has 3 heterocycles. The predicted octanol–water partition coefficient (Wildman–Crippen LogP) is 10.7. The highest BCUT2D eigenvalue weighted by molar-refractivity contribution is 6.08. The van der Waals surface area contributed by atoms with Crippen molar-refractivity contribution in [3.63, 3.8) is 0 Å². The van der Waals surface area contributed by atoms with Gasteiger partial charge in [0, 0.05) is 33.2 Å². The van der Waals surface area contributed by atoms with Crippen LogP contribution in [-0.2, 0) is 5.41 Å². The van der Waals surface area contributed by atoms with Gasteiger partial charge in [-0.2, -0.15) is 0 Å². The molecule has 0 saturated carbocycles. The smallest absolute Gasteiger partial charge is 0.160 e. The van der Waals surface area contributed by atoms with Crippen molar-refractivity contribution in [3.8, 4) is 56.5 Å². The fraction of sp³-hybridized carbons (Fsp3) is 0.0233. The average Bonchev–Trinajstić information content (AvgIpc) is 3.74. The number of para-hydroxylation sites is 2.